The van der Waals surface area contributed by atoms with Gasteiger partial charge in [-0.15, -0.1) is 89.5 Å². The van der Waals surface area contributed by atoms with Crippen LogP contribution in [0.1, 0.15) is 16.7 Å². The predicted molar refractivity (Wildman–Crippen MR) is 429 cm³/mol. The fraction of sp³-hybridized carbons (Fsp3) is 0.172. The minimum atomic E-state index is -1.62. The van der Waals surface area contributed by atoms with Gasteiger partial charge in [-0.1, -0.05) is 197 Å². The molecule has 3 N–H and O–H groups in total. The number of pyridine rings is 3. The third-order valence-corrected chi connectivity index (χ3v) is 25.0. The molecule has 0 aliphatic rings. The van der Waals surface area contributed by atoms with Crippen LogP contribution in [0.15, 0.2) is 219 Å². The minimum Gasteiger partial charge on any atom is -0.507 e. The molecule has 0 aliphatic heterocycles. The molecule has 18 heteroatoms. The summed E-state index contributed by atoms with van der Waals surface area (Å²) >= 11 is 0. The van der Waals surface area contributed by atoms with Crippen molar-refractivity contribution in [1.29, 1.82) is 0 Å². The van der Waals surface area contributed by atoms with Crippen LogP contribution in [0.5, 0.6) is 17.2 Å². The smallest absolute Gasteiger partial charge is 0.143 e. The Kier molecular flexibility index (Phi) is 23.9. The Hall–Kier alpha value is -9.04. The van der Waals surface area contributed by atoms with E-state index in [1.54, 1.807) is 24.4 Å². The van der Waals surface area contributed by atoms with Crippen LogP contribution in [0.4, 0.5) is 0 Å². The molecule has 15 rings (SSSR count). The summed E-state index contributed by atoms with van der Waals surface area (Å²) in [4.78, 5) is 28.8. The molecule has 6 aromatic heterocycles. The molecule has 0 spiro atoms. The zero-order valence-corrected chi connectivity index (χ0v) is 71.4. The van der Waals surface area contributed by atoms with E-state index in [0.29, 0.717) is 0 Å². The third-order valence-electron chi connectivity index (χ3n) is 18.9. The molecule has 0 radical (unpaired) electrons. The molecule has 0 aliphatic carbocycles. The van der Waals surface area contributed by atoms with E-state index in [4.69, 9.17) is 15.0 Å². The monoisotopic (exact) mass is 1970 g/mol. The molecule has 0 unspecified atom stereocenters. The Morgan fingerprint density at radius 1 is 0.295 bits per heavy atom. The van der Waals surface area contributed by atoms with Gasteiger partial charge < -0.3 is 29.0 Å². The number of nitrogens with zero attached hydrogens (tertiary/aromatic N) is 9. The van der Waals surface area contributed by atoms with E-state index < -0.39 is 24.2 Å². The van der Waals surface area contributed by atoms with Gasteiger partial charge in [0.15, 0.2) is 0 Å². The van der Waals surface area contributed by atoms with E-state index in [1.165, 1.54) is 15.6 Å². The molecule has 0 atom stereocenters. The van der Waals surface area contributed by atoms with Gasteiger partial charge >= 0.3 is 0 Å². The standard InChI is InChI=1S/3C29H28N3OSi.3Pt/c2*1-19-12-13-27(33)24(16-19)29-31-28-23(10-7-11-26(28)32(29)2)20-8-6-9-21(17-20)25-18-22(14-15-30-25)34(3,4)5;1-19-12-13-27(33)24(15-19)29-31-28-23(17-22(34(3,4)5)18-26(28)32(29)2)20-9-8-10-21(16-20)25-11-6-7-14-30-25;;;/h2*6-16,18,33H,1-5H3;6-15,17-18,33H,1-5H3;;;/q3*-1;;;. The number of imidazole rings is 3. The number of fused-ring (bicyclic) bond motifs is 3. The maximum Gasteiger partial charge on any atom is 0.143 e. The Morgan fingerprint density at radius 2 is 0.638 bits per heavy atom. The van der Waals surface area contributed by atoms with Crippen LogP contribution in [-0.4, -0.2) is 83.1 Å². The van der Waals surface area contributed by atoms with Crippen LogP contribution in [0.3, 0.4) is 0 Å². The number of aromatic nitrogens is 9. The van der Waals surface area contributed by atoms with Gasteiger partial charge in [0.2, 0.25) is 0 Å². The summed E-state index contributed by atoms with van der Waals surface area (Å²) in [5, 5.41) is 35.7. The number of rotatable bonds is 12. The maximum atomic E-state index is 10.6. The molecule has 6 heterocycles. The minimum absolute atomic E-state index is 0. The van der Waals surface area contributed by atoms with Crippen molar-refractivity contribution in [2.75, 3.05) is 0 Å². The molecule has 0 fully saturated rings. The van der Waals surface area contributed by atoms with Gasteiger partial charge in [0.1, 0.15) is 34.7 Å². The fourth-order valence-corrected chi connectivity index (χ4v) is 16.4. The summed E-state index contributed by atoms with van der Waals surface area (Å²) in [7, 11) is 1.49. The number of aromatic hydroxyl groups is 3. The normalized spacial score (nSPS) is 11.5. The summed E-state index contributed by atoms with van der Waals surface area (Å²) in [6.45, 7) is 27.2. The Bertz CT molecular complexity index is 5460. The number of hydrogen-bond donors (Lipinski definition) is 3. The molecule has 105 heavy (non-hydrogen) atoms. The van der Waals surface area contributed by atoms with E-state index in [-0.39, 0.29) is 80.4 Å². The second-order valence-corrected chi connectivity index (χ2v) is 44.8. The van der Waals surface area contributed by atoms with Crippen molar-refractivity contribution >= 4 is 72.9 Å². The first-order valence-electron chi connectivity index (χ1n) is 34.4. The van der Waals surface area contributed by atoms with Crippen molar-refractivity contribution in [3.05, 3.63) is 254 Å². The molecule has 0 saturated heterocycles. The zero-order chi connectivity index (χ0) is 72.1. The van der Waals surface area contributed by atoms with E-state index in [1.807, 2.05) is 136 Å². The van der Waals surface area contributed by atoms with Crippen molar-refractivity contribution in [1.82, 2.24) is 43.6 Å². The number of hydrogen-bond acceptors (Lipinski definition) is 9. The number of benzene rings is 9. The third kappa shape index (κ3) is 16.7. The zero-order valence-electron chi connectivity index (χ0n) is 61.6. The number of aryl methyl sites for hydroxylation is 6. The Morgan fingerprint density at radius 3 is 1.02 bits per heavy atom. The molecule has 0 bridgehead atoms. The average molecular weight is 1970 g/mol. The first kappa shape index (κ1) is 78.5. The molecule has 12 nitrogen and oxygen atoms in total. The van der Waals surface area contributed by atoms with E-state index in [9.17, 15) is 15.3 Å². The van der Waals surface area contributed by atoms with Gasteiger partial charge in [-0.25, -0.2) is 15.0 Å². The van der Waals surface area contributed by atoms with E-state index in [2.05, 4.69) is 206 Å². The molecule has 0 amide bonds. The van der Waals surface area contributed by atoms with Gasteiger partial charge in [0, 0.05) is 120 Å². The number of para-hydroxylation sites is 2. The summed E-state index contributed by atoms with van der Waals surface area (Å²) in [5.41, 5.74) is 22.9. The van der Waals surface area contributed by atoms with Crippen molar-refractivity contribution in [2.45, 2.75) is 79.7 Å². The molecular weight excluding hydrogens is 1890 g/mol. The fourth-order valence-electron chi connectivity index (χ4n) is 12.9. The second-order valence-electron chi connectivity index (χ2n) is 29.5. The average Bonchev–Trinajstić information content (AvgIpc) is 1.64. The summed E-state index contributed by atoms with van der Waals surface area (Å²) in [5.74, 6) is 2.93. The van der Waals surface area contributed by atoms with Crippen LogP contribution >= 0.6 is 0 Å². The first-order chi connectivity index (χ1) is 48.7. The summed E-state index contributed by atoms with van der Waals surface area (Å²) < 4.78 is 6.17. The van der Waals surface area contributed by atoms with Gasteiger partial charge in [0.25, 0.3) is 0 Å². The van der Waals surface area contributed by atoms with Crippen LogP contribution in [0.2, 0.25) is 58.9 Å². The number of phenols is 3. The largest absolute Gasteiger partial charge is 0.507 e. The van der Waals surface area contributed by atoms with Crippen LogP contribution in [-0.2, 0) is 84.3 Å². The van der Waals surface area contributed by atoms with Crippen LogP contribution in [0.25, 0.3) is 134 Å². The predicted octanol–water partition coefficient (Wildman–Crippen LogP) is 19.0. The Balaban J connectivity index is 0.000000166. The van der Waals surface area contributed by atoms with Gasteiger partial charge in [-0.3, -0.25) is 15.0 Å². The molecule has 540 valence electrons. The van der Waals surface area contributed by atoms with E-state index in [0.717, 1.165) is 151 Å². The molecule has 0 saturated carbocycles. The quantitative estimate of drug-likeness (QED) is 0.0801. The topological polar surface area (TPSA) is 153 Å². The summed E-state index contributed by atoms with van der Waals surface area (Å²) in [6.07, 6.45) is 5.62. The van der Waals surface area contributed by atoms with Crippen LogP contribution in [0, 0.1) is 39.0 Å². The van der Waals surface area contributed by atoms with Gasteiger partial charge in [-0.2, -0.15) is 0 Å². The number of phenolic OH excluding ortho intramolecular Hbond substituents is 3. The molecule has 9 aromatic carbocycles. The van der Waals surface area contributed by atoms with Gasteiger partial charge in [-0.05, 0) is 93.6 Å². The van der Waals surface area contributed by atoms with Crippen molar-refractivity contribution in [3.8, 4) is 119 Å². The van der Waals surface area contributed by atoms with E-state index >= 15 is 0 Å². The van der Waals surface area contributed by atoms with Gasteiger partial charge in [0.05, 0.1) is 74.0 Å². The van der Waals surface area contributed by atoms with Crippen molar-refractivity contribution in [2.24, 2.45) is 21.1 Å². The molecule has 15 aromatic rings. The SMILES string of the molecule is Cc1ccc(O)c(-c2nc3c(-c4[c-]c(-c5cc([Si](C)(C)C)ccn5)ccc4)cccc3n2C)c1.Cc1ccc(O)c(-c2nc3c(-c4[c-]c(-c5cc([Si](C)(C)C)ccn5)ccc4)cccc3n2C)c1.Cc1ccc(O)c(-c2nc3c(-c4[c-]c(-c5ccccn5)ccc4)cc([Si](C)(C)C)cc3n2C)c1.[Pt].[Pt].[Pt]. The Labute approximate surface area is 662 Å². The summed E-state index contributed by atoms with van der Waals surface area (Å²) in [6, 6.07) is 77.7. The first-order valence-corrected chi connectivity index (χ1v) is 44.9. The molecular formula is C87H84N9O3Pt3Si3-3. The maximum absolute atomic E-state index is 10.6. The second kappa shape index (κ2) is 32.0. The van der Waals surface area contributed by atoms with Crippen molar-refractivity contribution in [3.63, 3.8) is 0 Å². The van der Waals surface area contributed by atoms with Crippen LogP contribution < -0.4 is 15.6 Å². The van der Waals surface area contributed by atoms with Crippen molar-refractivity contribution < 1.29 is 78.5 Å².